The van der Waals surface area contributed by atoms with Crippen LogP contribution in [0.4, 0.5) is 0 Å². The van der Waals surface area contributed by atoms with Crippen molar-refractivity contribution in [2.75, 3.05) is 33.3 Å². The largest absolute Gasteiger partial charge is 0.373 e. The molecule has 1 atom stereocenters. The van der Waals surface area contributed by atoms with Gasteiger partial charge in [-0.1, -0.05) is 20.3 Å². The SMILES string of the molecule is CC(C)CNCCC1(OCC2CCCCN2C)CCC1. The molecule has 20 heavy (non-hydrogen) atoms. The van der Waals surface area contributed by atoms with Gasteiger partial charge in [0.15, 0.2) is 0 Å². The molecule has 1 saturated heterocycles. The summed E-state index contributed by atoms with van der Waals surface area (Å²) in [5.74, 6) is 0.740. The second kappa shape index (κ2) is 7.77. The number of likely N-dealkylation sites (N-methyl/N-ethyl adjacent to an activating group) is 1. The average Bonchev–Trinajstić information content (AvgIpc) is 2.37. The van der Waals surface area contributed by atoms with Gasteiger partial charge in [-0.3, -0.25) is 0 Å². The summed E-state index contributed by atoms with van der Waals surface area (Å²) in [5, 5.41) is 3.57. The third-order valence-electron chi connectivity index (χ3n) is 5.08. The fourth-order valence-electron chi connectivity index (χ4n) is 3.37. The van der Waals surface area contributed by atoms with Crippen LogP contribution in [0.5, 0.6) is 0 Å². The van der Waals surface area contributed by atoms with E-state index in [2.05, 4.69) is 31.1 Å². The van der Waals surface area contributed by atoms with E-state index < -0.39 is 0 Å². The van der Waals surface area contributed by atoms with Crippen molar-refractivity contribution in [3.05, 3.63) is 0 Å². The number of hydrogen-bond donors (Lipinski definition) is 1. The first kappa shape index (κ1) is 16.3. The van der Waals surface area contributed by atoms with Crippen molar-refractivity contribution in [1.29, 1.82) is 0 Å². The number of nitrogens with zero attached hydrogens (tertiary/aromatic N) is 1. The van der Waals surface area contributed by atoms with E-state index >= 15 is 0 Å². The van der Waals surface area contributed by atoms with Gasteiger partial charge in [0.05, 0.1) is 12.2 Å². The number of ether oxygens (including phenoxy) is 1. The van der Waals surface area contributed by atoms with Gasteiger partial charge in [-0.25, -0.2) is 0 Å². The molecule has 0 aromatic carbocycles. The lowest BCUT2D eigenvalue weighted by Crippen LogP contribution is -2.47. The number of rotatable bonds is 8. The first-order valence-corrected chi connectivity index (χ1v) is 8.66. The summed E-state index contributed by atoms with van der Waals surface area (Å²) >= 11 is 0. The van der Waals surface area contributed by atoms with Crippen LogP contribution in [-0.2, 0) is 4.74 Å². The Balaban J connectivity index is 1.68. The van der Waals surface area contributed by atoms with Crippen LogP contribution < -0.4 is 5.32 Å². The number of hydrogen-bond acceptors (Lipinski definition) is 3. The Labute approximate surface area is 125 Å². The minimum atomic E-state index is 0.211. The predicted molar refractivity (Wildman–Crippen MR) is 85.1 cm³/mol. The molecule has 1 unspecified atom stereocenters. The van der Waals surface area contributed by atoms with Gasteiger partial charge in [0.1, 0.15) is 0 Å². The van der Waals surface area contributed by atoms with Gasteiger partial charge in [-0.05, 0) is 71.1 Å². The van der Waals surface area contributed by atoms with E-state index in [0.29, 0.717) is 6.04 Å². The van der Waals surface area contributed by atoms with Crippen molar-refractivity contribution >= 4 is 0 Å². The lowest BCUT2D eigenvalue weighted by molar-refractivity contribution is -0.121. The molecule has 1 aliphatic heterocycles. The Morgan fingerprint density at radius 1 is 1.25 bits per heavy atom. The molecule has 0 aromatic rings. The molecule has 0 bridgehead atoms. The van der Waals surface area contributed by atoms with Gasteiger partial charge in [0.25, 0.3) is 0 Å². The van der Waals surface area contributed by atoms with Gasteiger partial charge in [0, 0.05) is 6.04 Å². The highest BCUT2D eigenvalue weighted by Crippen LogP contribution is 2.38. The van der Waals surface area contributed by atoms with Crippen LogP contribution in [0.3, 0.4) is 0 Å². The van der Waals surface area contributed by atoms with E-state index in [1.807, 2.05) is 0 Å². The highest BCUT2D eigenvalue weighted by molar-refractivity contribution is 4.91. The van der Waals surface area contributed by atoms with Gasteiger partial charge in [-0.2, -0.15) is 0 Å². The van der Waals surface area contributed by atoms with Crippen molar-refractivity contribution in [3.8, 4) is 0 Å². The highest BCUT2D eigenvalue weighted by atomic mass is 16.5. The second-order valence-electron chi connectivity index (χ2n) is 7.33. The maximum absolute atomic E-state index is 6.40. The quantitative estimate of drug-likeness (QED) is 0.693. The van der Waals surface area contributed by atoms with E-state index in [1.165, 1.54) is 51.5 Å². The summed E-state index contributed by atoms with van der Waals surface area (Å²) < 4.78 is 6.40. The fourth-order valence-corrected chi connectivity index (χ4v) is 3.37. The zero-order valence-corrected chi connectivity index (χ0v) is 13.8. The van der Waals surface area contributed by atoms with Crippen molar-refractivity contribution in [2.24, 2.45) is 5.92 Å². The first-order chi connectivity index (χ1) is 9.61. The van der Waals surface area contributed by atoms with Gasteiger partial charge in [-0.15, -0.1) is 0 Å². The molecule has 1 saturated carbocycles. The molecule has 1 aliphatic carbocycles. The molecular formula is C17H34N2O. The molecule has 2 aliphatic rings. The summed E-state index contributed by atoms with van der Waals surface area (Å²) in [6.07, 6.45) is 9.14. The summed E-state index contributed by atoms with van der Waals surface area (Å²) in [6.45, 7) is 8.96. The number of piperidine rings is 1. The molecule has 1 heterocycles. The lowest BCUT2D eigenvalue weighted by Gasteiger charge is -2.44. The molecule has 118 valence electrons. The Bertz CT molecular complexity index is 276. The third-order valence-corrected chi connectivity index (χ3v) is 5.08. The highest BCUT2D eigenvalue weighted by Gasteiger charge is 2.38. The molecule has 2 fully saturated rings. The molecule has 0 radical (unpaired) electrons. The van der Waals surface area contributed by atoms with Crippen molar-refractivity contribution < 1.29 is 4.74 Å². The van der Waals surface area contributed by atoms with Crippen molar-refractivity contribution in [2.45, 2.75) is 70.4 Å². The van der Waals surface area contributed by atoms with Crippen LogP contribution in [0.25, 0.3) is 0 Å². The second-order valence-corrected chi connectivity index (χ2v) is 7.33. The lowest BCUT2D eigenvalue weighted by atomic mass is 9.77. The third kappa shape index (κ3) is 4.71. The summed E-state index contributed by atoms with van der Waals surface area (Å²) in [4.78, 5) is 2.49. The van der Waals surface area contributed by atoms with E-state index in [4.69, 9.17) is 4.74 Å². The molecule has 0 spiro atoms. The Morgan fingerprint density at radius 2 is 2.05 bits per heavy atom. The topological polar surface area (TPSA) is 24.5 Å². The van der Waals surface area contributed by atoms with Gasteiger partial charge in [0.2, 0.25) is 0 Å². The molecule has 3 heteroatoms. The molecule has 0 aromatic heterocycles. The Kier molecular flexibility index (Phi) is 6.31. The smallest absolute Gasteiger partial charge is 0.0695 e. The standard InChI is InChI=1S/C17H34N2O/c1-15(2)13-18-11-10-17(8-6-9-17)20-14-16-7-4-5-12-19(16)3/h15-16,18H,4-14H2,1-3H3. The van der Waals surface area contributed by atoms with E-state index in [-0.39, 0.29) is 5.60 Å². The summed E-state index contributed by atoms with van der Waals surface area (Å²) in [5.41, 5.74) is 0.211. The minimum Gasteiger partial charge on any atom is -0.373 e. The van der Waals surface area contributed by atoms with Crippen molar-refractivity contribution in [1.82, 2.24) is 10.2 Å². The van der Waals surface area contributed by atoms with E-state index in [9.17, 15) is 0 Å². The fraction of sp³-hybridized carbons (Fsp3) is 1.00. The molecule has 0 amide bonds. The summed E-state index contributed by atoms with van der Waals surface area (Å²) in [7, 11) is 2.25. The number of likely N-dealkylation sites (tertiary alicyclic amines) is 1. The van der Waals surface area contributed by atoms with Crippen molar-refractivity contribution in [3.63, 3.8) is 0 Å². The van der Waals surface area contributed by atoms with Crippen LogP contribution in [0.15, 0.2) is 0 Å². The van der Waals surface area contributed by atoms with Crippen LogP contribution >= 0.6 is 0 Å². The minimum absolute atomic E-state index is 0.211. The van der Waals surface area contributed by atoms with Crippen LogP contribution in [0, 0.1) is 5.92 Å². The molecule has 3 nitrogen and oxygen atoms in total. The Morgan fingerprint density at radius 3 is 2.65 bits per heavy atom. The van der Waals surface area contributed by atoms with Gasteiger partial charge < -0.3 is 15.0 Å². The normalized spacial score (nSPS) is 26.7. The zero-order chi connectivity index (χ0) is 14.4. The maximum atomic E-state index is 6.40. The predicted octanol–water partition coefficient (Wildman–Crippen LogP) is 3.05. The molecule has 1 N–H and O–H groups in total. The molecule has 2 rings (SSSR count). The number of nitrogens with one attached hydrogen (secondary N) is 1. The monoisotopic (exact) mass is 282 g/mol. The van der Waals surface area contributed by atoms with Gasteiger partial charge >= 0.3 is 0 Å². The molecular weight excluding hydrogens is 248 g/mol. The first-order valence-electron chi connectivity index (χ1n) is 8.66. The zero-order valence-electron chi connectivity index (χ0n) is 13.8. The van der Waals surface area contributed by atoms with E-state index in [0.717, 1.165) is 25.6 Å². The summed E-state index contributed by atoms with van der Waals surface area (Å²) in [6, 6.07) is 0.657. The van der Waals surface area contributed by atoms with Crippen LogP contribution in [0.1, 0.15) is 58.8 Å². The van der Waals surface area contributed by atoms with Crippen LogP contribution in [0.2, 0.25) is 0 Å². The van der Waals surface area contributed by atoms with Crippen LogP contribution in [-0.4, -0.2) is 49.8 Å². The van der Waals surface area contributed by atoms with E-state index in [1.54, 1.807) is 0 Å². The Hall–Kier alpha value is -0.120. The maximum Gasteiger partial charge on any atom is 0.0695 e. The average molecular weight is 282 g/mol.